The van der Waals surface area contributed by atoms with Crippen LogP contribution in [0.2, 0.25) is 5.02 Å². The molecule has 1 saturated heterocycles. The van der Waals surface area contributed by atoms with Gasteiger partial charge in [0.25, 0.3) is 17.2 Å². The topological polar surface area (TPSA) is 111 Å². The Morgan fingerprint density at radius 1 is 1.12 bits per heavy atom. The number of piperazine rings is 1. The highest BCUT2D eigenvalue weighted by molar-refractivity contribution is 6.33. The lowest BCUT2D eigenvalue weighted by molar-refractivity contribution is -0.384. The van der Waals surface area contributed by atoms with Crippen molar-refractivity contribution in [2.75, 3.05) is 38.2 Å². The molecule has 0 spiro atoms. The van der Waals surface area contributed by atoms with Crippen molar-refractivity contribution in [1.29, 1.82) is 0 Å². The minimum absolute atomic E-state index is 0.0500. The van der Waals surface area contributed by atoms with Gasteiger partial charge in [-0.3, -0.25) is 19.7 Å². The first-order valence-electron chi connectivity index (χ1n) is 10.1. The van der Waals surface area contributed by atoms with Crippen LogP contribution in [0.25, 0.3) is 5.69 Å². The van der Waals surface area contributed by atoms with Crippen molar-refractivity contribution in [3.8, 4) is 11.4 Å². The zero-order valence-corrected chi connectivity index (χ0v) is 18.4. The van der Waals surface area contributed by atoms with Crippen LogP contribution in [0.1, 0.15) is 10.4 Å². The van der Waals surface area contributed by atoms with E-state index in [4.69, 9.17) is 16.3 Å². The van der Waals surface area contributed by atoms with Crippen molar-refractivity contribution in [1.82, 2.24) is 14.7 Å². The molecule has 11 heteroatoms. The fourth-order valence-electron chi connectivity index (χ4n) is 3.70. The second-order valence-electron chi connectivity index (χ2n) is 7.32. The molecule has 2 heterocycles. The van der Waals surface area contributed by atoms with E-state index in [0.29, 0.717) is 37.6 Å². The minimum atomic E-state index is -0.555. The number of halogens is 1. The first kappa shape index (κ1) is 22.3. The highest BCUT2D eigenvalue weighted by Gasteiger charge is 2.27. The number of carbonyl (C=O) groups excluding carboxylic acids is 1. The molecule has 1 aliphatic rings. The smallest absolute Gasteiger partial charge is 0.292 e. The standard InChI is InChI=1S/C22H20ClN5O5/c1-33-19-8-7-16(28(31)32)13-17(19)21(29)26-11-9-25(10-12-26)18-14-24-27(22(30)20(18)23)15-5-3-2-4-6-15/h2-8,13-14H,9-12H2,1H3. The maximum atomic E-state index is 13.0. The van der Waals surface area contributed by atoms with E-state index < -0.39 is 10.5 Å². The number of ether oxygens (including phenoxy) is 1. The molecule has 0 N–H and O–H groups in total. The van der Waals surface area contributed by atoms with Gasteiger partial charge in [0.05, 0.1) is 35.2 Å². The fourth-order valence-corrected chi connectivity index (χ4v) is 3.94. The van der Waals surface area contributed by atoms with E-state index in [-0.39, 0.29) is 27.9 Å². The Kier molecular flexibility index (Phi) is 6.27. The normalized spacial score (nSPS) is 13.6. The summed E-state index contributed by atoms with van der Waals surface area (Å²) in [4.78, 5) is 39.8. The monoisotopic (exact) mass is 469 g/mol. The van der Waals surface area contributed by atoms with Gasteiger partial charge in [-0.25, -0.2) is 0 Å². The number of carbonyl (C=O) groups is 1. The van der Waals surface area contributed by atoms with Crippen LogP contribution in [-0.2, 0) is 0 Å². The molecule has 0 bridgehead atoms. The van der Waals surface area contributed by atoms with Crippen molar-refractivity contribution in [2.45, 2.75) is 0 Å². The SMILES string of the molecule is COc1ccc([N+](=O)[O-])cc1C(=O)N1CCN(c2cnn(-c3ccccc3)c(=O)c2Cl)CC1. The molecule has 3 aromatic rings. The van der Waals surface area contributed by atoms with Crippen LogP contribution in [0.5, 0.6) is 5.75 Å². The van der Waals surface area contributed by atoms with E-state index in [1.165, 1.54) is 36.2 Å². The molecule has 10 nitrogen and oxygen atoms in total. The summed E-state index contributed by atoms with van der Waals surface area (Å²) < 4.78 is 6.45. The Morgan fingerprint density at radius 3 is 2.45 bits per heavy atom. The van der Waals surface area contributed by atoms with Gasteiger partial charge in [0.15, 0.2) is 0 Å². The molecule has 1 fully saturated rings. The van der Waals surface area contributed by atoms with Gasteiger partial charge in [-0.15, -0.1) is 0 Å². The van der Waals surface area contributed by atoms with Gasteiger partial charge < -0.3 is 14.5 Å². The lowest BCUT2D eigenvalue weighted by Crippen LogP contribution is -2.49. The van der Waals surface area contributed by atoms with Gasteiger partial charge >= 0.3 is 0 Å². The quantitative estimate of drug-likeness (QED) is 0.417. The van der Waals surface area contributed by atoms with E-state index in [1.54, 1.807) is 29.2 Å². The van der Waals surface area contributed by atoms with Crippen LogP contribution in [0.4, 0.5) is 11.4 Å². The summed E-state index contributed by atoms with van der Waals surface area (Å²) in [6.07, 6.45) is 1.54. The van der Waals surface area contributed by atoms with Gasteiger partial charge in [0.2, 0.25) is 0 Å². The third-order valence-corrected chi connectivity index (χ3v) is 5.79. The predicted octanol–water partition coefficient (Wildman–Crippen LogP) is 2.77. The number of nitrogens with zero attached hydrogens (tertiary/aromatic N) is 5. The molecule has 170 valence electrons. The Bertz CT molecular complexity index is 1260. The lowest BCUT2D eigenvalue weighted by atomic mass is 10.1. The maximum absolute atomic E-state index is 13.0. The summed E-state index contributed by atoms with van der Waals surface area (Å²) in [6.45, 7) is 1.50. The average Bonchev–Trinajstić information content (AvgIpc) is 2.85. The number of methoxy groups -OCH3 is 1. The molecule has 4 rings (SSSR count). The van der Waals surface area contributed by atoms with E-state index in [1.807, 2.05) is 11.0 Å². The summed E-state index contributed by atoms with van der Waals surface area (Å²) in [5, 5.41) is 15.4. The lowest BCUT2D eigenvalue weighted by Gasteiger charge is -2.36. The van der Waals surface area contributed by atoms with Crippen molar-refractivity contribution in [2.24, 2.45) is 0 Å². The molecule has 33 heavy (non-hydrogen) atoms. The first-order valence-corrected chi connectivity index (χ1v) is 10.5. The largest absolute Gasteiger partial charge is 0.496 e. The number of para-hydroxylation sites is 1. The third-order valence-electron chi connectivity index (χ3n) is 5.43. The van der Waals surface area contributed by atoms with Gasteiger partial charge in [-0.2, -0.15) is 9.78 Å². The minimum Gasteiger partial charge on any atom is -0.496 e. The second kappa shape index (κ2) is 9.29. The van der Waals surface area contributed by atoms with E-state index in [0.717, 1.165) is 0 Å². The van der Waals surface area contributed by atoms with Crippen LogP contribution in [-0.4, -0.2) is 58.8 Å². The molecular formula is C22H20ClN5O5. The number of nitro benzene ring substituents is 1. The number of non-ortho nitro benzene ring substituents is 1. The van der Waals surface area contributed by atoms with Crippen LogP contribution in [0, 0.1) is 10.1 Å². The molecule has 0 saturated carbocycles. The van der Waals surface area contributed by atoms with Gasteiger partial charge in [-0.1, -0.05) is 29.8 Å². The number of rotatable bonds is 5. The molecule has 1 amide bonds. The molecule has 0 unspecified atom stereocenters. The first-order chi connectivity index (χ1) is 15.9. The van der Waals surface area contributed by atoms with Crippen LogP contribution in [0.3, 0.4) is 0 Å². The molecular weight excluding hydrogens is 450 g/mol. The summed E-state index contributed by atoms with van der Waals surface area (Å²) in [5.74, 6) is -0.0938. The zero-order valence-electron chi connectivity index (χ0n) is 17.7. The number of hydrogen-bond acceptors (Lipinski definition) is 7. The number of nitro groups is 1. The maximum Gasteiger partial charge on any atom is 0.292 e. The molecule has 0 radical (unpaired) electrons. The van der Waals surface area contributed by atoms with Crippen molar-refractivity contribution in [3.05, 3.63) is 85.8 Å². The van der Waals surface area contributed by atoms with Crippen molar-refractivity contribution >= 4 is 28.9 Å². The summed E-state index contributed by atoms with van der Waals surface area (Å²) in [5.41, 5.74) is 0.617. The molecule has 0 atom stereocenters. The number of anilines is 1. The summed E-state index contributed by atoms with van der Waals surface area (Å²) in [6, 6.07) is 12.9. The Labute approximate surface area is 193 Å². The van der Waals surface area contributed by atoms with Crippen LogP contribution in [0.15, 0.2) is 59.5 Å². The Morgan fingerprint density at radius 2 is 1.82 bits per heavy atom. The van der Waals surface area contributed by atoms with Crippen LogP contribution >= 0.6 is 11.6 Å². The molecule has 0 aliphatic carbocycles. The number of amides is 1. The van der Waals surface area contributed by atoms with E-state index >= 15 is 0 Å². The second-order valence-corrected chi connectivity index (χ2v) is 7.70. The number of benzene rings is 2. The molecule has 2 aromatic carbocycles. The highest BCUT2D eigenvalue weighted by atomic mass is 35.5. The Hall–Kier alpha value is -3.92. The van der Waals surface area contributed by atoms with E-state index in [2.05, 4.69) is 5.10 Å². The average molecular weight is 470 g/mol. The summed E-state index contributed by atoms with van der Waals surface area (Å²) >= 11 is 6.39. The predicted molar refractivity (Wildman–Crippen MR) is 123 cm³/mol. The van der Waals surface area contributed by atoms with Gasteiger partial charge in [0, 0.05) is 38.3 Å². The van der Waals surface area contributed by atoms with Gasteiger partial charge in [0.1, 0.15) is 10.8 Å². The number of hydrogen-bond donors (Lipinski definition) is 0. The van der Waals surface area contributed by atoms with Gasteiger partial charge in [-0.05, 0) is 18.2 Å². The third kappa shape index (κ3) is 4.37. The summed E-state index contributed by atoms with van der Waals surface area (Å²) in [7, 11) is 1.41. The number of aromatic nitrogens is 2. The zero-order chi connectivity index (χ0) is 23.5. The Balaban J connectivity index is 1.51. The van der Waals surface area contributed by atoms with Crippen LogP contribution < -0.4 is 15.2 Å². The fraction of sp³-hybridized carbons (Fsp3) is 0.227. The molecule has 1 aliphatic heterocycles. The highest BCUT2D eigenvalue weighted by Crippen LogP contribution is 2.27. The molecule has 1 aromatic heterocycles. The van der Waals surface area contributed by atoms with E-state index in [9.17, 15) is 19.7 Å². The van der Waals surface area contributed by atoms with Crippen molar-refractivity contribution < 1.29 is 14.5 Å². The van der Waals surface area contributed by atoms with Crippen molar-refractivity contribution in [3.63, 3.8) is 0 Å².